The van der Waals surface area contributed by atoms with E-state index in [1.54, 1.807) is 36.4 Å². The third-order valence-electron chi connectivity index (χ3n) is 4.99. The molecule has 178 valence electrons. The third kappa shape index (κ3) is 6.87. The third-order valence-corrected chi connectivity index (χ3v) is 4.99. The summed E-state index contributed by atoms with van der Waals surface area (Å²) in [7, 11) is 0. The monoisotopic (exact) mass is 472 g/mol. The molecule has 0 aliphatic carbocycles. The van der Waals surface area contributed by atoms with Gasteiger partial charge in [0.15, 0.2) is 6.61 Å². The molecule has 0 saturated heterocycles. The highest BCUT2D eigenvalue weighted by atomic mass is 19.4. The number of ether oxygens (including phenoxy) is 2. The van der Waals surface area contributed by atoms with Gasteiger partial charge in [0.1, 0.15) is 17.6 Å². The van der Waals surface area contributed by atoms with Crippen LogP contribution >= 0.6 is 0 Å². The van der Waals surface area contributed by atoms with Crippen molar-refractivity contribution in [1.82, 2.24) is 4.98 Å². The zero-order valence-corrected chi connectivity index (χ0v) is 18.4. The largest absolute Gasteiger partial charge is 0.484 e. The van der Waals surface area contributed by atoms with Gasteiger partial charge in [0.25, 0.3) is 0 Å². The number of unbranched alkanes of at least 4 members (excludes halogenated alkanes) is 1. The summed E-state index contributed by atoms with van der Waals surface area (Å²) in [6, 6.07) is 16.8. The van der Waals surface area contributed by atoms with Gasteiger partial charge in [-0.1, -0.05) is 31.5 Å². The van der Waals surface area contributed by atoms with Crippen LogP contribution in [-0.4, -0.2) is 17.5 Å². The molecule has 2 aromatic carbocycles. The first-order valence-corrected chi connectivity index (χ1v) is 10.7. The van der Waals surface area contributed by atoms with Gasteiger partial charge in [-0.3, -0.25) is 4.79 Å². The molecular weight excluding hydrogens is 449 g/mol. The maximum absolute atomic E-state index is 12.9. The van der Waals surface area contributed by atoms with Crippen molar-refractivity contribution < 1.29 is 27.4 Å². The summed E-state index contributed by atoms with van der Waals surface area (Å²) >= 11 is 0. The minimum Gasteiger partial charge on any atom is -0.484 e. The zero-order chi connectivity index (χ0) is 24.6. The van der Waals surface area contributed by atoms with Crippen LogP contribution in [0.5, 0.6) is 11.5 Å². The number of benzene rings is 2. The van der Waals surface area contributed by atoms with Crippen molar-refractivity contribution in [3.63, 3.8) is 0 Å². The molecule has 1 atom stereocenters. The second-order valence-electron chi connectivity index (χ2n) is 7.52. The van der Waals surface area contributed by atoms with E-state index >= 15 is 0 Å². The van der Waals surface area contributed by atoms with Gasteiger partial charge in [0, 0.05) is 10.7 Å². The second kappa shape index (κ2) is 11.4. The minimum atomic E-state index is -4.39. The molecule has 3 rings (SSSR count). The molecule has 1 unspecified atom stereocenters. The van der Waals surface area contributed by atoms with Crippen molar-refractivity contribution in [3.8, 4) is 22.8 Å². The highest BCUT2D eigenvalue weighted by Crippen LogP contribution is 2.32. The number of carbonyl (C=O) groups is 1. The van der Waals surface area contributed by atoms with E-state index in [4.69, 9.17) is 9.47 Å². The van der Waals surface area contributed by atoms with Gasteiger partial charge in [-0.15, -0.1) is 4.91 Å². The number of hydrogen-bond donors (Lipinski definition) is 0. The van der Waals surface area contributed by atoms with E-state index < -0.39 is 24.3 Å². The molecule has 0 aliphatic heterocycles. The molecule has 34 heavy (non-hydrogen) atoms. The molecule has 0 N–H and O–H groups in total. The first kappa shape index (κ1) is 24.9. The highest BCUT2D eigenvalue weighted by Gasteiger charge is 2.30. The summed E-state index contributed by atoms with van der Waals surface area (Å²) in [5.41, 5.74) is 1.07. The number of carbonyl (C=O) groups excluding carboxylic acids is 1. The Balaban J connectivity index is 1.77. The Morgan fingerprint density at radius 2 is 1.68 bits per heavy atom. The molecule has 1 amide bonds. The molecule has 0 bridgehead atoms. The maximum Gasteiger partial charge on any atom is 0.416 e. The van der Waals surface area contributed by atoms with Crippen LogP contribution in [0.2, 0.25) is 0 Å². The first-order valence-electron chi connectivity index (χ1n) is 10.7. The van der Waals surface area contributed by atoms with E-state index in [0.29, 0.717) is 34.9 Å². The van der Waals surface area contributed by atoms with Gasteiger partial charge >= 0.3 is 12.1 Å². The second-order valence-corrected chi connectivity index (χ2v) is 7.52. The van der Waals surface area contributed by atoms with E-state index in [1.807, 2.05) is 6.07 Å². The average Bonchev–Trinajstić information content (AvgIpc) is 2.85. The Kier molecular flexibility index (Phi) is 8.34. The lowest BCUT2D eigenvalue weighted by Crippen LogP contribution is -2.10. The number of hydrogen-bond acceptors (Lipinski definition) is 5. The summed E-state index contributed by atoms with van der Waals surface area (Å²) in [6.07, 6.45) is -2.24. The van der Waals surface area contributed by atoms with Crippen LogP contribution in [0.4, 0.5) is 13.2 Å². The summed E-state index contributed by atoms with van der Waals surface area (Å²) in [5.74, 6) is 0.0332. The van der Waals surface area contributed by atoms with Gasteiger partial charge in [-0.2, -0.15) is 13.2 Å². The fourth-order valence-electron chi connectivity index (χ4n) is 3.23. The van der Waals surface area contributed by atoms with Crippen LogP contribution in [0.25, 0.3) is 11.3 Å². The van der Waals surface area contributed by atoms with Crippen LogP contribution in [0, 0.1) is 4.91 Å². The van der Waals surface area contributed by atoms with Crippen molar-refractivity contribution in [2.24, 2.45) is 5.18 Å². The topological polar surface area (TPSA) is 77.9 Å². The number of alkyl halides is 3. The van der Waals surface area contributed by atoms with Gasteiger partial charge in [-0.05, 0) is 61.4 Å². The number of nitroso groups, excluding NO2 is 1. The number of pyridine rings is 1. The van der Waals surface area contributed by atoms with Crippen LogP contribution in [-0.2, 0) is 11.0 Å². The minimum absolute atomic E-state index is 0.373. The maximum atomic E-state index is 12.9. The van der Waals surface area contributed by atoms with Gasteiger partial charge in [-0.25, -0.2) is 4.98 Å². The van der Waals surface area contributed by atoms with Gasteiger partial charge in [0.05, 0.1) is 17.0 Å². The van der Waals surface area contributed by atoms with Crippen LogP contribution in [0.3, 0.4) is 0 Å². The number of halogens is 3. The van der Waals surface area contributed by atoms with Crippen molar-refractivity contribution in [2.75, 3.05) is 6.61 Å². The average molecular weight is 472 g/mol. The first-order chi connectivity index (χ1) is 16.3. The molecule has 0 fully saturated rings. The summed E-state index contributed by atoms with van der Waals surface area (Å²) in [4.78, 5) is 25.8. The predicted octanol–water partition coefficient (Wildman–Crippen LogP) is 6.75. The smallest absolute Gasteiger partial charge is 0.416 e. The SMILES string of the molecule is CCCCC(Oc1ccc(OCC(=O)N=O)cc1)c1cccc(-c2ccc(C(F)(F)F)cc2)n1. The molecule has 9 heteroatoms. The van der Waals surface area contributed by atoms with Crippen LogP contribution in [0.1, 0.15) is 43.5 Å². The Morgan fingerprint density at radius 1 is 1.00 bits per heavy atom. The van der Waals surface area contributed by atoms with Crippen molar-refractivity contribution in [3.05, 3.63) is 82.9 Å². The van der Waals surface area contributed by atoms with Gasteiger partial charge < -0.3 is 9.47 Å². The lowest BCUT2D eigenvalue weighted by molar-refractivity contribution is -0.137. The van der Waals surface area contributed by atoms with Crippen molar-refractivity contribution in [2.45, 2.75) is 38.5 Å². The molecule has 1 heterocycles. The molecule has 0 saturated carbocycles. The van der Waals surface area contributed by atoms with E-state index in [0.717, 1.165) is 25.0 Å². The normalized spacial score (nSPS) is 12.1. The molecular formula is C25H23F3N2O4. The quantitative estimate of drug-likeness (QED) is 0.305. The van der Waals surface area contributed by atoms with E-state index in [2.05, 4.69) is 17.1 Å². The number of aromatic nitrogens is 1. The Hall–Kier alpha value is -3.75. The number of nitrogens with zero attached hydrogens (tertiary/aromatic N) is 2. The lowest BCUT2D eigenvalue weighted by Gasteiger charge is -2.19. The molecule has 1 aromatic heterocycles. The molecule has 6 nitrogen and oxygen atoms in total. The molecule has 0 aliphatic rings. The molecule has 0 radical (unpaired) electrons. The van der Waals surface area contributed by atoms with E-state index in [-0.39, 0.29) is 6.10 Å². The van der Waals surface area contributed by atoms with E-state index in [1.165, 1.54) is 12.1 Å². The molecule has 0 spiro atoms. The van der Waals surface area contributed by atoms with Crippen LogP contribution in [0.15, 0.2) is 71.9 Å². The van der Waals surface area contributed by atoms with Crippen molar-refractivity contribution >= 4 is 5.91 Å². The Labute approximate surface area is 194 Å². The fraction of sp³-hybridized carbons (Fsp3) is 0.280. The highest BCUT2D eigenvalue weighted by molar-refractivity contribution is 5.78. The number of rotatable bonds is 10. The zero-order valence-electron chi connectivity index (χ0n) is 18.4. The Morgan fingerprint density at radius 3 is 2.29 bits per heavy atom. The fourth-order valence-corrected chi connectivity index (χ4v) is 3.23. The standard InChI is InChI=1S/C25H23F3N2O4/c1-2-3-7-23(34-20-14-12-19(13-15-20)33-16-24(31)30-32)22-6-4-5-21(29-22)17-8-10-18(11-9-17)25(26,27)28/h4-6,8-15,23H,2-3,7,16H2,1H3. The Bertz CT molecular complexity index is 1100. The summed E-state index contributed by atoms with van der Waals surface area (Å²) in [5, 5.41) is 2.27. The number of amides is 1. The summed E-state index contributed by atoms with van der Waals surface area (Å²) in [6.45, 7) is 1.62. The lowest BCUT2D eigenvalue weighted by atomic mass is 10.1. The predicted molar refractivity (Wildman–Crippen MR) is 120 cm³/mol. The van der Waals surface area contributed by atoms with Crippen molar-refractivity contribution in [1.29, 1.82) is 0 Å². The molecule has 3 aromatic rings. The van der Waals surface area contributed by atoms with Gasteiger partial charge in [0.2, 0.25) is 0 Å². The van der Waals surface area contributed by atoms with E-state index in [9.17, 15) is 22.9 Å². The summed E-state index contributed by atoms with van der Waals surface area (Å²) < 4.78 is 49.9. The van der Waals surface area contributed by atoms with Crippen LogP contribution < -0.4 is 9.47 Å².